The number of carbonyl (C=O) groups is 2. The highest BCUT2D eigenvalue weighted by Gasteiger charge is 2.22. The Hall–Kier alpha value is -4.02. The topological polar surface area (TPSA) is 147 Å². The van der Waals surface area contributed by atoms with Crippen molar-refractivity contribution >= 4 is 38.3 Å². The van der Waals surface area contributed by atoms with E-state index in [2.05, 4.69) is 40.8 Å². The van der Waals surface area contributed by atoms with Crippen LogP contribution in [-0.4, -0.2) is 42.7 Å². The Labute approximate surface area is 221 Å². The summed E-state index contributed by atoms with van der Waals surface area (Å²) in [6, 6.07) is 14.5. The Morgan fingerprint density at radius 2 is 1.68 bits per heavy atom. The molecule has 0 aliphatic carbocycles. The van der Waals surface area contributed by atoms with Crippen molar-refractivity contribution in [2.24, 2.45) is 5.73 Å². The molecule has 4 rings (SSSR count). The number of aromatic nitrogens is 2. The number of hydrogen-bond donors (Lipinski definition) is 4. The number of rotatable bonds is 8. The third kappa shape index (κ3) is 5.76. The van der Waals surface area contributed by atoms with E-state index in [1.807, 2.05) is 12.1 Å². The third-order valence-electron chi connectivity index (χ3n) is 6.28. The lowest BCUT2D eigenvalue weighted by atomic mass is 9.87. The summed E-state index contributed by atoms with van der Waals surface area (Å²) in [4.78, 5) is 31.9. The molecule has 4 aromatic rings. The predicted molar refractivity (Wildman–Crippen MR) is 148 cm³/mol. The van der Waals surface area contributed by atoms with Crippen LogP contribution in [0, 0.1) is 0 Å². The molecule has 1 atom stereocenters. The van der Waals surface area contributed by atoms with Gasteiger partial charge in [-0.15, -0.1) is 0 Å². The molecule has 2 heterocycles. The van der Waals surface area contributed by atoms with Crippen LogP contribution < -0.4 is 15.8 Å². The van der Waals surface area contributed by atoms with Crippen molar-refractivity contribution in [3.8, 4) is 11.1 Å². The molecule has 2 aromatic heterocycles. The number of H-pyrrole nitrogens is 1. The smallest absolute Gasteiger partial charge is 0.268 e. The van der Waals surface area contributed by atoms with E-state index in [4.69, 9.17) is 5.73 Å². The Morgan fingerprint density at radius 1 is 1.03 bits per heavy atom. The predicted octanol–water partition coefficient (Wildman–Crippen LogP) is 3.97. The van der Waals surface area contributed by atoms with Crippen LogP contribution in [0.5, 0.6) is 0 Å². The highest BCUT2D eigenvalue weighted by atomic mass is 32.2. The summed E-state index contributed by atoms with van der Waals surface area (Å²) in [5.41, 5.74) is 9.24. The zero-order valence-electron chi connectivity index (χ0n) is 21.7. The fraction of sp³-hybridized carbons (Fsp3) is 0.250. The van der Waals surface area contributed by atoms with E-state index < -0.39 is 22.0 Å². The van der Waals surface area contributed by atoms with E-state index in [1.165, 1.54) is 6.92 Å². The second kappa shape index (κ2) is 10.4. The lowest BCUT2D eigenvalue weighted by Crippen LogP contribution is -2.41. The number of nitrogens with two attached hydrogens (primary N) is 1. The monoisotopic (exact) mass is 533 g/mol. The van der Waals surface area contributed by atoms with Crippen molar-refractivity contribution in [2.45, 2.75) is 44.0 Å². The minimum absolute atomic E-state index is 0.0155. The second-order valence-corrected chi connectivity index (χ2v) is 11.9. The zero-order valence-corrected chi connectivity index (χ0v) is 22.5. The summed E-state index contributed by atoms with van der Waals surface area (Å²) in [6.07, 6.45) is 3.21. The summed E-state index contributed by atoms with van der Waals surface area (Å²) < 4.78 is 28.9. The zero-order chi connectivity index (χ0) is 27.7. The Balaban J connectivity index is 1.71. The van der Waals surface area contributed by atoms with Crippen molar-refractivity contribution in [3.63, 3.8) is 0 Å². The number of amides is 1. The molecule has 0 bridgehead atoms. The fourth-order valence-corrected chi connectivity index (χ4v) is 5.08. The van der Waals surface area contributed by atoms with E-state index in [0.717, 1.165) is 5.56 Å². The largest absolute Gasteiger partial charge is 0.350 e. The van der Waals surface area contributed by atoms with Crippen LogP contribution in [-0.2, 0) is 20.2 Å². The van der Waals surface area contributed by atoms with Crippen molar-refractivity contribution in [2.75, 3.05) is 11.3 Å². The molecule has 1 amide bonds. The molecule has 0 radical (unpaired) electrons. The number of nitrogens with zero attached hydrogens (tertiary/aromatic N) is 1. The SMILES string of the molecule is CC(=O)C(N)CNC(=O)c1[nH]c2ccc(NS(=O)(=O)c3ccc(C(C)(C)C)cc3)cc2c1-c1ccncc1. The van der Waals surface area contributed by atoms with Crippen LogP contribution in [0.3, 0.4) is 0 Å². The van der Waals surface area contributed by atoms with Crippen LogP contribution >= 0.6 is 0 Å². The number of Topliss-reactive ketones (excluding diaryl/α,β-unsaturated/α-hetero) is 1. The molecule has 38 heavy (non-hydrogen) atoms. The van der Waals surface area contributed by atoms with E-state index in [1.54, 1.807) is 54.9 Å². The first kappa shape index (κ1) is 27.0. The quantitative estimate of drug-likeness (QED) is 0.269. The highest BCUT2D eigenvalue weighted by molar-refractivity contribution is 7.92. The van der Waals surface area contributed by atoms with Gasteiger partial charge in [0.25, 0.3) is 15.9 Å². The number of fused-ring (bicyclic) bond motifs is 1. The molecule has 0 fully saturated rings. The molecule has 1 unspecified atom stereocenters. The lowest BCUT2D eigenvalue weighted by Gasteiger charge is -2.19. The van der Waals surface area contributed by atoms with Gasteiger partial charge in [0.05, 0.1) is 10.9 Å². The van der Waals surface area contributed by atoms with Gasteiger partial charge >= 0.3 is 0 Å². The van der Waals surface area contributed by atoms with Gasteiger partial charge in [0.15, 0.2) is 0 Å². The number of pyridine rings is 1. The summed E-state index contributed by atoms with van der Waals surface area (Å²) >= 11 is 0. The number of sulfonamides is 1. The average Bonchev–Trinajstić information content (AvgIpc) is 3.25. The second-order valence-electron chi connectivity index (χ2n) is 10.2. The lowest BCUT2D eigenvalue weighted by molar-refractivity contribution is -0.118. The Kier molecular flexibility index (Phi) is 7.39. The molecular formula is C28H31N5O4S. The van der Waals surface area contributed by atoms with Gasteiger partial charge in [-0.05, 0) is 65.9 Å². The van der Waals surface area contributed by atoms with Crippen LogP contribution in [0.1, 0.15) is 43.7 Å². The van der Waals surface area contributed by atoms with Crippen molar-refractivity contribution in [1.29, 1.82) is 0 Å². The maximum Gasteiger partial charge on any atom is 0.268 e. The van der Waals surface area contributed by atoms with E-state index in [0.29, 0.717) is 27.7 Å². The van der Waals surface area contributed by atoms with Gasteiger partial charge in [-0.25, -0.2) is 8.42 Å². The maximum absolute atomic E-state index is 13.1. The van der Waals surface area contributed by atoms with Crippen molar-refractivity contribution < 1.29 is 18.0 Å². The number of nitrogens with one attached hydrogen (secondary N) is 3. The van der Waals surface area contributed by atoms with Crippen LogP contribution in [0.4, 0.5) is 5.69 Å². The van der Waals surface area contributed by atoms with Gasteiger partial charge in [0.1, 0.15) is 11.5 Å². The number of benzene rings is 2. The van der Waals surface area contributed by atoms with Gasteiger partial charge < -0.3 is 16.0 Å². The van der Waals surface area contributed by atoms with E-state index in [9.17, 15) is 18.0 Å². The molecule has 0 saturated heterocycles. The molecule has 2 aromatic carbocycles. The Morgan fingerprint density at radius 3 is 2.29 bits per heavy atom. The van der Waals surface area contributed by atoms with Gasteiger partial charge in [-0.3, -0.25) is 19.3 Å². The molecule has 0 aliphatic heterocycles. The minimum Gasteiger partial charge on any atom is -0.350 e. The first-order valence-corrected chi connectivity index (χ1v) is 13.6. The minimum atomic E-state index is -3.85. The van der Waals surface area contributed by atoms with Crippen LogP contribution in [0.2, 0.25) is 0 Å². The number of hydrogen-bond acceptors (Lipinski definition) is 6. The van der Waals surface area contributed by atoms with Gasteiger partial charge in [0, 0.05) is 41.1 Å². The van der Waals surface area contributed by atoms with E-state index >= 15 is 0 Å². The van der Waals surface area contributed by atoms with Crippen LogP contribution in [0.15, 0.2) is 71.9 Å². The molecule has 5 N–H and O–H groups in total. The number of aromatic amines is 1. The highest BCUT2D eigenvalue weighted by Crippen LogP contribution is 2.34. The van der Waals surface area contributed by atoms with Crippen molar-refractivity contribution in [3.05, 3.63) is 78.2 Å². The molecular weight excluding hydrogens is 502 g/mol. The summed E-state index contributed by atoms with van der Waals surface area (Å²) in [5.74, 6) is -0.674. The van der Waals surface area contributed by atoms with Crippen LogP contribution in [0.25, 0.3) is 22.0 Å². The summed E-state index contributed by atoms with van der Waals surface area (Å²) in [5, 5.41) is 3.34. The Bertz CT molecular complexity index is 1590. The molecule has 0 spiro atoms. The third-order valence-corrected chi connectivity index (χ3v) is 7.68. The standard InChI is InChI=1S/C28H31N5O4S/c1-17(34)23(29)16-31-27(35)26-25(18-11-13-30-14-12-18)22-15-20(7-10-24(22)32-26)33-38(36,37)21-8-5-19(6-9-21)28(2,3)4/h5-15,23,32-33H,16,29H2,1-4H3,(H,31,35). The maximum atomic E-state index is 13.1. The molecule has 10 heteroatoms. The van der Waals surface area contributed by atoms with E-state index in [-0.39, 0.29) is 28.3 Å². The molecule has 0 aliphatic rings. The summed E-state index contributed by atoms with van der Waals surface area (Å²) in [6.45, 7) is 7.54. The number of carbonyl (C=O) groups excluding carboxylic acids is 2. The van der Waals surface area contributed by atoms with Crippen molar-refractivity contribution in [1.82, 2.24) is 15.3 Å². The number of ketones is 1. The first-order chi connectivity index (χ1) is 17.9. The first-order valence-electron chi connectivity index (χ1n) is 12.1. The fourth-order valence-electron chi connectivity index (χ4n) is 4.03. The average molecular weight is 534 g/mol. The van der Waals surface area contributed by atoms with Gasteiger partial charge in [-0.2, -0.15) is 0 Å². The molecule has 0 saturated carbocycles. The van der Waals surface area contributed by atoms with Gasteiger partial charge in [0.2, 0.25) is 0 Å². The molecule has 9 nitrogen and oxygen atoms in total. The van der Waals surface area contributed by atoms with Gasteiger partial charge in [-0.1, -0.05) is 32.9 Å². The normalized spacial score (nSPS) is 12.8. The molecule has 198 valence electrons. The summed E-state index contributed by atoms with van der Waals surface area (Å²) in [7, 11) is -3.85. The number of anilines is 1.